The summed E-state index contributed by atoms with van der Waals surface area (Å²) in [5.41, 5.74) is 5.76. The number of nitrogens with zero attached hydrogens (tertiary/aromatic N) is 2. The summed E-state index contributed by atoms with van der Waals surface area (Å²) in [4.78, 5) is 27.8. The predicted molar refractivity (Wildman–Crippen MR) is 75.4 cm³/mol. The molecular formula is C14H27N3O2. The maximum absolute atomic E-state index is 12.1. The highest BCUT2D eigenvalue weighted by Gasteiger charge is 2.28. The number of hydrogen-bond donors (Lipinski definition) is 1. The first-order valence-electron chi connectivity index (χ1n) is 7.15. The highest BCUT2D eigenvalue weighted by Crippen LogP contribution is 2.12. The second-order valence-electron chi connectivity index (χ2n) is 5.95. The van der Waals surface area contributed by atoms with Crippen LogP contribution in [0.5, 0.6) is 0 Å². The minimum atomic E-state index is -0.155. The topological polar surface area (TPSA) is 66.6 Å². The van der Waals surface area contributed by atoms with Gasteiger partial charge in [-0.25, -0.2) is 0 Å². The quantitative estimate of drug-likeness (QED) is 0.816. The molecule has 2 N–H and O–H groups in total. The highest BCUT2D eigenvalue weighted by molar-refractivity contribution is 5.80. The Bertz CT molecular complexity index is 321. The Morgan fingerprint density at radius 1 is 1.00 bits per heavy atom. The van der Waals surface area contributed by atoms with Crippen molar-refractivity contribution in [1.82, 2.24) is 9.80 Å². The summed E-state index contributed by atoms with van der Waals surface area (Å²) < 4.78 is 0. The van der Waals surface area contributed by atoms with Crippen LogP contribution in [0.4, 0.5) is 0 Å². The molecule has 1 rings (SSSR count). The highest BCUT2D eigenvalue weighted by atomic mass is 16.2. The second kappa shape index (κ2) is 6.89. The largest absolute Gasteiger partial charge is 0.339 e. The van der Waals surface area contributed by atoms with E-state index in [-0.39, 0.29) is 23.8 Å². The molecule has 0 spiro atoms. The normalized spacial score (nSPS) is 19.5. The van der Waals surface area contributed by atoms with Gasteiger partial charge in [0.2, 0.25) is 11.8 Å². The molecule has 19 heavy (non-hydrogen) atoms. The third-order valence-electron chi connectivity index (χ3n) is 3.71. The van der Waals surface area contributed by atoms with E-state index in [0.29, 0.717) is 38.5 Å². The van der Waals surface area contributed by atoms with Gasteiger partial charge in [0.15, 0.2) is 0 Å². The number of rotatable bonds is 4. The Morgan fingerprint density at radius 3 is 1.89 bits per heavy atom. The molecule has 2 atom stereocenters. The zero-order valence-electron chi connectivity index (χ0n) is 12.6. The number of hydrogen-bond acceptors (Lipinski definition) is 3. The van der Waals surface area contributed by atoms with Crippen molar-refractivity contribution in [2.75, 3.05) is 26.2 Å². The zero-order chi connectivity index (χ0) is 14.6. The maximum atomic E-state index is 12.1. The third-order valence-corrected chi connectivity index (χ3v) is 3.71. The van der Waals surface area contributed by atoms with E-state index in [1.807, 2.05) is 37.5 Å². The van der Waals surface area contributed by atoms with Gasteiger partial charge in [-0.15, -0.1) is 0 Å². The van der Waals surface area contributed by atoms with E-state index in [0.717, 1.165) is 0 Å². The molecule has 0 bridgehead atoms. The number of carbonyl (C=O) groups is 2. The van der Waals surface area contributed by atoms with Crippen LogP contribution in [0.3, 0.4) is 0 Å². The van der Waals surface area contributed by atoms with Crippen LogP contribution in [0.2, 0.25) is 0 Å². The fraction of sp³-hybridized carbons (Fsp3) is 0.857. The molecule has 1 fully saturated rings. The Kier molecular flexibility index (Phi) is 5.79. The molecule has 110 valence electrons. The molecule has 1 saturated heterocycles. The van der Waals surface area contributed by atoms with Gasteiger partial charge in [0.25, 0.3) is 0 Å². The van der Waals surface area contributed by atoms with E-state index in [4.69, 9.17) is 5.73 Å². The lowest BCUT2D eigenvalue weighted by Gasteiger charge is -2.36. The first-order chi connectivity index (χ1) is 8.82. The standard InChI is InChI=1S/C14H27N3O2/c1-10(2)9-13(18)16-5-7-17(8-6-16)14(19)11(3)12(4)15/h10-12H,5-9,15H2,1-4H3. The second-order valence-corrected chi connectivity index (χ2v) is 5.95. The van der Waals surface area contributed by atoms with Crippen LogP contribution in [0.1, 0.15) is 34.1 Å². The monoisotopic (exact) mass is 269 g/mol. The number of carbonyl (C=O) groups excluding carboxylic acids is 2. The van der Waals surface area contributed by atoms with Crippen LogP contribution in [0.15, 0.2) is 0 Å². The van der Waals surface area contributed by atoms with Crippen molar-refractivity contribution < 1.29 is 9.59 Å². The molecule has 0 aromatic carbocycles. The summed E-state index contributed by atoms with van der Waals surface area (Å²) in [6.45, 7) is 10.3. The summed E-state index contributed by atoms with van der Waals surface area (Å²) in [6, 6.07) is -0.131. The lowest BCUT2D eigenvalue weighted by atomic mass is 10.0. The fourth-order valence-electron chi connectivity index (χ4n) is 2.17. The van der Waals surface area contributed by atoms with Crippen molar-refractivity contribution in [2.45, 2.75) is 40.2 Å². The van der Waals surface area contributed by atoms with Gasteiger partial charge in [0, 0.05) is 38.6 Å². The van der Waals surface area contributed by atoms with Gasteiger partial charge in [-0.3, -0.25) is 9.59 Å². The van der Waals surface area contributed by atoms with E-state index in [1.54, 1.807) is 0 Å². The summed E-state index contributed by atoms with van der Waals surface area (Å²) in [7, 11) is 0. The molecule has 0 aromatic heterocycles. The predicted octanol–water partition coefficient (Wildman–Crippen LogP) is 0.687. The van der Waals surface area contributed by atoms with Gasteiger partial charge in [-0.05, 0) is 12.8 Å². The van der Waals surface area contributed by atoms with Crippen molar-refractivity contribution in [2.24, 2.45) is 17.6 Å². The molecule has 0 radical (unpaired) electrons. The van der Waals surface area contributed by atoms with E-state index in [2.05, 4.69) is 0 Å². The SMILES string of the molecule is CC(C)CC(=O)N1CCN(C(=O)C(C)C(C)N)CC1. The molecule has 0 aromatic rings. The molecule has 1 aliphatic heterocycles. The van der Waals surface area contributed by atoms with Gasteiger partial charge in [0.1, 0.15) is 0 Å². The van der Waals surface area contributed by atoms with Gasteiger partial charge < -0.3 is 15.5 Å². The van der Waals surface area contributed by atoms with Crippen LogP contribution in [0, 0.1) is 11.8 Å². The molecular weight excluding hydrogens is 242 g/mol. The lowest BCUT2D eigenvalue weighted by molar-refractivity contribution is -0.142. The summed E-state index contributed by atoms with van der Waals surface area (Å²) >= 11 is 0. The number of amides is 2. The lowest BCUT2D eigenvalue weighted by Crippen LogP contribution is -2.53. The van der Waals surface area contributed by atoms with Gasteiger partial charge >= 0.3 is 0 Å². The molecule has 0 aliphatic carbocycles. The summed E-state index contributed by atoms with van der Waals surface area (Å²) in [6.07, 6.45) is 0.587. The summed E-state index contributed by atoms with van der Waals surface area (Å²) in [5, 5.41) is 0. The van der Waals surface area contributed by atoms with Gasteiger partial charge in [-0.2, -0.15) is 0 Å². The van der Waals surface area contributed by atoms with E-state index in [9.17, 15) is 9.59 Å². The van der Waals surface area contributed by atoms with Crippen LogP contribution in [-0.2, 0) is 9.59 Å². The van der Waals surface area contributed by atoms with Crippen molar-refractivity contribution >= 4 is 11.8 Å². The van der Waals surface area contributed by atoms with Gasteiger partial charge in [0.05, 0.1) is 5.92 Å². The molecule has 1 heterocycles. The average molecular weight is 269 g/mol. The molecule has 1 aliphatic rings. The van der Waals surface area contributed by atoms with Crippen LogP contribution in [-0.4, -0.2) is 53.8 Å². The average Bonchev–Trinajstić information content (AvgIpc) is 2.36. The van der Waals surface area contributed by atoms with Gasteiger partial charge in [-0.1, -0.05) is 20.8 Å². The molecule has 5 nitrogen and oxygen atoms in total. The van der Waals surface area contributed by atoms with Crippen molar-refractivity contribution in [1.29, 1.82) is 0 Å². The minimum Gasteiger partial charge on any atom is -0.339 e. The molecule has 0 saturated carbocycles. The molecule has 5 heteroatoms. The Balaban J connectivity index is 2.45. The van der Waals surface area contributed by atoms with Crippen LogP contribution < -0.4 is 5.73 Å². The van der Waals surface area contributed by atoms with Crippen LogP contribution in [0.25, 0.3) is 0 Å². The van der Waals surface area contributed by atoms with Crippen LogP contribution >= 0.6 is 0 Å². The van der Waals surface area contributed by atoms with E-state index < -0.39 is 0 Å². The van der Waals surface area contributed by atoms with Crippen molar-refractivity contribution in [3.05, 3.63) is 0 Å². The maximum Gasteiger partial charge on any atom is 0.227 e. The summed E-state index contributed by atoms with van der Waals surface area (Å²) in [5.74, 6) is 0.525. The minimum absolute atomic E-state index is 0.103. The Morgan fingerprint density at radius 2 is 1.47 bits per heavy atom. The van der Waals surface area contributed by atoms with Crippen molar-refractivity contribution in [3.63, 3.8) is 0 Å². The smallest absolute Gasteiger partial charge is 0.227 e. The van der Waals surface area contributed by atoms with E-state index >= 15 is 0 Å². The first kappa shape index (κ1) is 16.0. The zero-order valence-corrected chi connectivity index (χ0v) is 12.6. The number of nitrogens with two attached hydrogens (primary N) is 1. The molecule has 2 amide bonds. The third kappa shape index (κ3) is 4.49. The number of piperazine rings is 1. The Labute approximate surface area is 116 Å². The van der Waals surface area contributed by atoms with E-state index in [1.165, 1.54) is 0 Å². The first-order valence-corrected chi connectivity index (χ1v) is 7.15. The van der Waals surface area contributed by atoms with Crippen molar-refractivity contribution in [3.8, 4) is 0 Å². The Hall–Kier alpha value is -1.10. The molecule has 2 unspecified atom stereocenters. The fourth-order valence-corrected chi connectivity index (χ4v) is 2.17.